The van der Waals surface area contributed by atoms with Crippen LogP contribution in [0.25, 0.3) is 0 Å². The highest BCUT2D eigenvalue weighted by Gasteiger charge is 2.45. The molecule has 1 N–H and O–H groups in total. The van der Waals surface area contributed by atoms with E-state index in [0.29, 0.717) is 5.78 Å². The van der Waals surface area contributed by atoms with E-state index in [0.717, 1.165) is 45.3 Å². The summed E-state index contributed by atoms with van der Waals surface area (Å²) in [6.07, 6.45) is 6.26. The zero-order chi connectivity index (χ0) is 14.3. The first-order chi connectivity index (χ1) is 10.3. The lowest BCUT2D eigenvalue weighted by Gasteiger charge is -2.47. The fraction of sp³-hybridized carbons (Fsp3) is 0.611. The van der Waals surface area contributed by atoms with Gasteiger partial charge >= 0.3 is 0 Å². The predicted octanol–water partition coefficient (Wildman–Crippen LogP) is 2.62. The van der Waals surface area contributed by atoms with Gasteiger partial charge in [0.25, 0.3) is 0 Å². The van der Waals surface area contributed by atoms with Crippen molar-refractivity contribution in [3.63, 3.8) is 0 Å². The van der Waals surface area contributed by atoms with Crippen LogP contribution >= 0.6 is 0 Å². The summed E-state index contributed by atoms with van der Waals surface area (Å²) in [7, 11) is 0. The van der Waals surface area contributed by atoms with Gasteiger partial charge in [-0.1, -0.05) is 24.3 Å². The van der Waals surface area contributed by atoms with Gasteiger partial charge in [0.1, 0.15) is 0 Å². The second-order valence-corrected chi connectivity index (χ2v) is 6.88. The Bertz CT molecular complexity index is 550. The summed E-state index contributed by atoms with van der Waals surface area (Å²) >= 11 is 0. The zero-order valence-electron chi connectivity index (χ0n) is 12.4. The van der Waals surface area contributed by atoms with Gasteiger partial charge in [-0.2, -0.15) is 0 Å². The molecular formula is C18H23NO2. The number of ketones is 1. The van der Waals surface area contributed by atoms with Crippen molar-refractivity contribution in [3.8, 4) is 0 Å². The summed E-state index contributed by atoms with van der Waals surface area (Å²) in [4.78, 5) is 12.9. The van der Waals surface area contributed by atoms with Gasteiger partial charge in [-0.05, 0) is 49.7 Å². The molecular weight excluding hydrogens is 262 g/mol. The number of benzene rings is 1. The quantitative estimate of drug-likeness (QED) is 0.908. The van der Waals surface area contributed by atoms with Crippen LogP contribution < -0.4 is 5.32 Å². The first kappa shape index (κ1) is 13.5. The van der Waals surface area contributed by atoms with Gasteiger partial charge in [0.15, 0.2) is 5.78 Å². The second-order valence-electron chi connectivity index (χ2n) is 6.88. The van der Waals surface area contributed by atoms with E-state index in [2.05, 4.69) is 29.6 Å². The topological polar surface area (TPSA) is 38.3 Å². The van der Waals surface area contributed by atoms with Crippen molar-refractivity contribution in [3.05, 3.63) is 35.4 Å². The Labute approximate surface area is 126 Å². The molecule has 0 aromatic heterocycles. The van der Waals surface area contributed by atoms with Crippen LogP contribution in [-0.4, -0.2) is 24.0 Å². The van der Waals surface area contributed by atoms with Gasteiger partial charge in [-0.25, -0.2) is 0 Å². The predicted molar refractivity (Wildman–Crippen MR) is 81.0 cm³/mol. The van der Waals surface area contributed by atoms with Crippen molar-refractivity contribution >= 4 is 5.78 Å². The third kappa shape index (κ3) is 2.43. The molecule has 2 unspecified atom stereocenters. The maximum absolute atomic E-state index is 12.9. The number of fused-ring (bicyclic) bond motifs is 1. The highest BCUT2D eigenvalue weighted by molar-refractivity contribution is 5.87. The van der Waals surface area contributed by atoms with Crippen molar-refractivity contribution < 1.29 is 9.53 Å². The largest absolute Gasteiger partial charge is 0.375 e. The molecule has 1 spiro atoms. The number of carbonyl (C=O) groups is 1. The monoisotopic (exact) mass is 285 g/mol. The molecule has 1 aromatic rings. The van der Waals surface area contributed by atoms with Gasteiger partial charge in [0, 0.05) is 19.1 Å². The fourth-order valence-corrected chi connectivity index (χ4v) is 4.13. The number of ether oxygens (including phenoxy) is 1. The Morgan fingerprint density at radius 1 is 1.24 bits per heavy atom. The molecule has 2 fully saturated rings. The Hall–Kier alpha value is -1.19. The molecule has 1 aromatic carbocycles. The molecule has 4 rings (SSSR count). The Balaban J connectivity index is 1.46. The fourth-order valence-electron chi connectivity index (χ4n) is 4.13. The van der Waals surface area contributed by atoms with Gasteiger partial charge in [-0.15, -0.1) is 0 Å². The maximum Gasteiger partial charge on any atom is 0.153 e. The van der Waals surface area contributed by atoms with Crippen molar-refractivity contribution in [1.29, 1.82) is 0 Å². The van der Waals surface area contributed by atoms with Crippen molar-refractivity contribution in [2.45, 2.75) is 56.7 Å². The van der Waals surface area contributed by atoms with E-state index in [-0.39, 0.29) is 17.6 Å². The molecule has 112 valence electrons. The maximum atomic E-state index is 12.9. The molecule has 0 radical (unpaired) electrons. The number of rotatable bonds is 2. The highest BCUT2D eigenvalue weighted by Crippen LogP contribution is 2.44. The average Bonchev–Trinajstić information content (AvgIpc) is 2.52. The Morgan fingerprint density at radius 3 is 2.81 bits per heavy atom. The molecule has 0 amide bonds. The number of hydrogen-bond acceptors (Lipinski definition) is 3. The minimum absolute atomic E-state index is 0.000117. The second kappa shape index (κ2) is 5.22. The van der Waals surface area contributed by atoms with Crippen LogP contribution in [0.15, 0.2) is 24.3 Å². The molecule has 1 saturated carbocycles. The first-order valence-corrected chi connectivity index (χ1v) is 8.24. The number of hydrogen-bond donors (Lipinski definition) is 1. The van der Waals surface area contributed by atoms with E-state index in [1.165, 1.54) is 17.5 Å². The average molecular weight is 285 g/mol. The SMILES string of the molecule is O=C(C1CCOC2(CCC2)C1)C1Cc2ccccc2CN1. The number of carbonyl (C=O) groups excluding carboxylic acids is 1. The molecule has 1 aliphatic carbocycles. The van der Waals surface area contributed by atoms with E-state index < -0.39 is 0 Å². The summed E-state index contributed by atoms with van der Waals surface area (Å²) in [5.74, 6) is 0.612. The first-order valence-electron chi connectivity index (χ1n) is 8.24. The van der Waals surface area contributed by atoms with Crippen molar-refractivity contribution in [2.75, 3.05) is 6.61 Å². The van der Waals surface area contributed by atoms with Gasteiger partial charge < -0.3 is 10.1 Å². The summed E-state index contributed by atoms with van der Waals surface area (Å²) in [5, 5.41) is 3.45. The van der Waals surface area contributed by atoms with E-state index >= 15 is 0 Å². The minimum atomic E-state index is 0.000117. The molecule has 2 atom stereocenters. The van der Waals surface area contributed by atoms with Crippen LogP contribution in [-0.2, 0) is 22.5 Å². The molecule has 3 nitrogen and oxygen atoms in total. The standard InChI is InChI=1S/C18H23NO2/c20-17(14-6-9-21-18(11-14)7-3-8-18)16-10-13-4-1-2-5-15(13)12-19-16/h1-2,4-5,14,16,19H,3,6-12H2. The van der Waals surface area contributed by atoms with Gasteiger partial charge in [0.2, 0.25) is 0 Å². The summed E-state index contributed by atoms with van der Waals surface area (Å²) < 4.78 is 5.95. The van der Waals surface area contributed by atoms with E-state index in [1.54, 1.807) is 0 Å². The normalized spacial score (nSPS) is 30.5. The number of nitrogens with one attached hydrogen (secondary N) is 1. The van der Waals surface area contributed by atoms with Crippen molar-refractivity contribution in [2.24, 2.45) is 5.92 Å². The van der Waals surface area contributed by atoms with E-state index in [4.69, 9.17) is 4.74 Å². The molecule has 2 heterocycles. The Morgan fingerprint density at radius 2 is 2.05 bits per heavy atom. The van der Waals surface area contributed by atoms with Crippen LogP contribution in [0.1, 0.15) is 43.2 Å². The van der Waals surface area contributed by atoms with Crippen LogP contribution in [0.5, 0.6) is 0 Å². The van der Waals surface area contributed by atoms with Crippen LogP contribution in [0, 0.1) is 5.92 Å². The number of Topliss-reactive ketones (excluding diaryl/α,β-unsaturated/α-hetero) is 1. The molecule has 2 aliphatic heterocycles. The lowest BCUT2D eigenvalue weighted by molar-refractivity contribution is -0.156. The third-order valence-corrected chi connectivity index (χ3v) is 5.58. The van der Waals surface area contributed by atoms with Crippen molar-refractivity contribution in [1.82, 2.24) is 5.32 Å². The lowest BCUT2D eigenvalue weighted by Crippen LogP contribution is -2.51. The smallest absolute Gasteiger partial charge is 0.153 e. The zero-order valence-corrected chi connectivity index (χ0v) is 12.4. The third-order valence-electron chi connectivity index (χ3n) is 5.58. The van der Waals surface area contributed by atoms with Crippen LogP contribution in [0.4, 0.5) is 0 Å². The Kier molecular flexibility index (Phi) is 3.35. The van der Waals surface area contributed by atoms with Gasteiger partial charge in [0.05, 0.1) is 11.6 Å². The lowest BCUT2D eigenvalue weighted by atomic mass is 9.70. The molecule has 3 aliphatic rings. The summed E-state index contributed by atoms with van der Waals surface area (Å²) in [6, 6.07) is 8.46. The molecule has 1 saturated heterocycles. The summed E-state index contributed by atoms with van der Waals surface area (Å²) in [5.41, 5.74) is 2.73. The van der Waals surface area contributed by atoms with E-state index in [9.17, 15) is 4.79 Å². The highest BCUT2D eigenvalue weighted by atomic mass is 16.5. The molecule has 3 heteroatoms. The molecule has 21 heavy (non-hydrogen) atoms. The van der Waals surface area contributed by atoms with E-state index in [1.807, 2.05) is 0 Å². The molecule has 0 bridgehead atoms. The summed E-state index contributed by atoms with van der Waals surface area (Å²) in [6.45, 7) is 1.58. The van der Waals surface area contributed by atoms with Crippen LogP contribution in [0.3, 0.4) is 0 Å². The minimum Gasteiger partial charge on any atom is -0.375 e. The van der Waals surface area contributed by atoms with Gasteiger partial charge in [-0.3, -0.25) is 4.79 Å². The van der Waals surface area contributed by atoms with Crippen LogP contribution in [0.2, 0.25) is 0 Å².